The number of hydrogen-bond donors (Lipinski definition) is 2. The second-order valence-corrected chi connectivity index (χ2v) is 6.78. The Bertz CT molecular complexity index is 353. The second-order valence-electron chi connectivity index (χ2n) is 6.78. The lowest BCUT2D eigenvalue weighted by Gasteiger charge is -2.26. The van der Waals surface area contributed by atoms with Gasteiger partial charge in [-0.15, -0.1) is 0 Å². The molecule has 1 rings (SSSR count). The summed E-state index contributed by atoms with van der Waals surface area (Å²) in [5.74, 6) is -0.0296. The number of hydrazine groups is 1. The number of carbonyl (C=O) groups excluding carboxylic acids is 2. The standard InChI is InChI=1S/C16H31N3O3/c1-16(2,3)22-15(21)18-19-13-9-5-8-12-17-11-7-4-6-10-14(19)20/h17H,4-13H2,1-3H3,(H,18,21). The molecule has 1 heterocycles. The lowest BCUT2D eigenvalue weighted by atomic mass is 10.2. The molecule has 0 atom stereocenters. The van der Waals surface area contributed by atoms with Crippen molar-refractivity contribution in [1.29, 1.82) is 0 Å². The zero-order valence-corrected chi connectivity index (χ0v) is 14.2. The molecule has 0 radical (unpaired) electrons. The van der Waals surface area contributed by atoms with E-state index in [1.165, 1.54) is 5.01 Å². The van der Waals surface area contributed by atoms with E-state index < -0.39 is 11.7 Å². The maximum Gasteiger partial charge on any atom is 0.426 e. The van der Waals surface area contributed by atoms with Crippen LogP contribution in [0.4, 0.5) is 4.79 Å². The van der Waals surface area contributed by atoms with Crippen molar-refractivity contribution in [3.8, 4) is 0 Å². The van der Waals surface area contributed by atoms with Crippen LogP contribution >= 0.6 is 0 Å². The molecule has 0 spiro atoms. The SMILES string of the molecule is CC(C)(C)OC(=O)NN1CCCCCNCCCCCC1=O. The highest BCUT2D eigenvalue weighted by Gasteiger charge is 2.21. The van der Waals surface area contributed by atoms with Crippen molar-refractivity contribution in [3.63, 3.8) is 0 Å². The van der Waals surface area contributed by atoms with E-state index in [-0.39, 0.29) is 5.91 Å². The van der Waals surface area contributed by atoms with Crippen molar-refractivity contribution in [2.24, 2.45) is 0 Å². The van der Waals surface area contributed by atoms with Gasteiger partial charge in [-0.3, -0.25) is 9.80 Å². The number of rotatable bonds is 1. The van der Waals surface area contributed by atoms with Crippen LogP contribution in [0.1, 0.15) is 65.7 Å². The molecule has 22 heavy (non-hydrogen) atoms. The quantitative estimate of drug-likeness (QED) is 0.780. The van der Waals surface area contributed by atoms with Gasteiger partial charge in [-0.1, -0.05) is 12.8 Å². The molecule has 1 aliphatic rings. The molecule has 0 unspecified atom stereocenters. The van der Waals surface area contributed by atoms with Crippen LogP contribution in [0, 0.1) is 0 Å². The first kappa shape index (κ1) is 18.7. The van der Waals surface area contributed by atoms with Gasteiger partial charge >= 0.3 is 6.09 Å². The summed E-state index contributed by atoms with van der Waals surface area (Å²) in [4.78, 5) is 24.1. The van der Waals surface area contributed by atoms with Crippen LogP contribution in [0.15, 0.2) is 0 Å². The molecular formula is C16H31N3O3. The highest BCUT2D eigenvalue weighted by atomic mass is 16.6. The Balaban J connectivity index is 2.53. The molecule has 0 aromatic rings. The van der Waals surface area contributed by atoms with Crippen molar-refractivity contribution >= 4 is 12.0 Å². The van der Waals surface area contributed by atoms with E-state index in [4.69, 9.17) is 4.74 Å². The number of amides is 2. The van der Waals surface area contributed by atoms with Gasteiger partial charge in [0.15, 0.2) is 0 Å². The Kier molecular flexibility index (Phi) is 8.24. The molecule has 0 aromatic carbocycles. The van der Waals surface area contributed by atoms with Crippen LogP contribution in [0.3, 0.4) is 0 Å². The molecule has 0 aromatic heterocycles. The number of nitrogens with one attached hydrogen (secondary N) is 2. The molecule has 2 amide bonds. The van der Waals surface area contributed by atoms with Crippen LogP contribution < -0.4 is 10.7 Å². The average Bonchev–Trinajstić information content (AvgIpc) is 2.41. The van der Waals surface area contributed by atoms with E-state index in [1.54, 1.807) is 20.8 Å². The summed E-state index contributed by atoms with van der Waals surface area (Å²) in [5, 5.41) is 4.85. The Morgan fingerprint density at radius 1 is 1.09 bits per heavy atom. The van der Waals surface area contributed by atoms with Gasteiger partial charge in [-0.05, 0) is 59.5 Å². The third-order valence-electron chi connectivity index (χ3n) is 3.41. The predicted octanol–water partition coefficient (Wildman–Crippen LogP) is 2.59. The van der Waals surface area contributed by atoms with Gasteiger partial charge in [0.2, 0.25) is 5.91 Å². The van der Waals surface area contributed by atoms with Gasteiger partial charge in [-0.25, -0.2) is 10.2 Å². The van der Waals surface area contributed by atoms with Crippen molar-refractivity contribution in [2.45, 2.75) is 71.3 Å². The van der Waals surface area contributed by atoms with Crippen LogP contribution in [0.2, 0.25) is 0 Å². The Hall–Kier alpha value is -1.30. The third kappa shape index (κ3) is 8.87. The monoisotopic (exact) mass is 313 g/mol. The summed E-state index contributed by atoms with van der Waals surface area (Å²) in [6.07, 6.45) is 5.88. The van der Waals surface area contributed by atoms with Gasteiger partial charge in [0.1, 0.15) is 5.60 Å². The van der Waals surface area contributed by atoms with Gasteiger partial charge in [0.25, 0.3) is 0 Å². The van der Waals surface area contributed by atoms with Crippen molar-refractivity contribution in [2.75, 3.05) is 19.6 Å². The molecule has 0 aliphatic carbocycles. The molecule has 6 heteroatoms. The molecule has 1 aliphatic heterocycles. The molecule has 1 fully saturated rings. The predicted molar refractivity (Wildman–Crippen MR) is 86.3 cm³/mol. The highest BCUT2D eigenvalue weighted by Crippen LogP contribution is 2.09. The van der Waals surface area contributed by atoms with E-state index in [0.717, 1.165) is 51.6 Å². The normalized spacial score (nSPS) is 19.6. The van der Waals surface area contributed by atoms with E-state index in [0.29, 0.717) is 13.0 Å². The fourth-order valence-corrected chi connectivity index (χ4v) is 2.31. The summed E-state index contributed by atoms with van der Waals surface area (Å²) in [6, 6.07) is 0. The Morgan fingerprint density at radius 3 is 2.36 bits per heavy atom. The Morgan fingerprint density at radius 2 is 1.73 bits per heavy atom. The van der Waals surface area contributed by atoms with Crippen molar-refractivity contribution in [1.82, 2.24) is 15.8 Å². The molecule has 2 N–H and O–H groups in total. The third-order valence-corrected chi connectivity index (χ3v) is 3.41. The van der Waals surface area contributed by atoms with E-state index in [1.807, 2.05) is 0 Å². The van der Waals surface area contributed by atoms with Crippen molar-refractivity contribution < 1.29 is 14.3 Å². The minimum absolute atomic E-state index is 0.0296. The van der Waals surface area contributed by atoms with E-state index in [9.17, 15) is 9.59 Å². The summed E-state index contributed by atoms with van der Waals surface area (Å²) >= 11 is 0. The number of carbonyl (C=O) groups is 2. The summed E-state index contributed by atoms with van der Waals surface area (Å²) < 4.78 is 5.23. The lowest BCUT2D eigenvalue weighted by molar-refractivity contribution is -0.134. The largest absolute Gasteiger partial charge is 0.443 e. The molecule has 0 bridgehead atoms. The number of ether oxygens (including phenoxy) is 1. The molecule has 0 saturated carbocycles. The maximum absolute atomic E-state index is 12.3. The summed E-state index contributed by atoms with van der Waals surface area (Å²) in [7, 11) is 0. The average molecular weight is 313 g/mol. The van der Waals surface area contributed by atoms with Crippen LogP contribution in [-0.2, 0) is 9.53 Å². The molecule has 1 saturated heterocycles. The van der Waals surface area contributed by atoms with Crippen LogP contribution in [0.25, 0.3) is 0 Å². The van der Waals surface area contributed by atoms with Gasteiger partial charge < -0.3 is 10.1 Å². The van der Waals surface area contributed by atoms with E-state index >= 15 is 0 Å². The molecule has 128 valence electrons. The first-order valence-electron chi connectivity index (χ1n) is 8.39. The van der Waals surface area contributed by atoms with Crippen molar-refractivity contribution in [3.05, 3.63) is 0 Å². The Labute approximate surface area is 133 Å². The van der Waals surface area contributed by atoms with Gasteiger partial charge in [0, 0.05) is 13.0 Å². The lowest BCUT2D eigenvalue weighted by Crippen LogP contribution is -2.48. The highest BCUT2D eigenvalue weighted by molar-refractivity contribution is 5.79. The summed E-state index contributed by atoms with van der Waals surface area (Å²) in [6.45, 7) is 8.00. The van der Waals surface area contributed by atoms with Gasteiger partial charge in [-0.2, -0.15) is 0 Å². The maximum atomic E-state index is 12.3. The minimum atomic E-state index is -0.566. The topological polar surface area (TPSA) is 70.7 Å². The van der Waals surface area contributed by atoms with Gasteiger partial charge in [0.05, 0.1) is 0 Å². The van der Waals surface area contributed by atoms with Crippen LogP contribution in [-0.4, -0.2) is 42.2 Å². The van der Waals surface area contributed by atoms with E-state index in [2.05, 4.69) is 10.7 Å². The first-order valence-corrected chi connectivity index (χ1v) is 8.39. The smallest absolute Gasteiger partial charge is 0.426 e. The zero-order valence-electron chi connectivity index (χ0n) is 14.2. The van der Waals surface area contributed by atoms with Crippen LogP contribution in [0.5, 0.6) is 0 Å². The zero-order chi connectivity index (χ0) is 16.4. The fourth-order valence-electron chi connectivity index (χ4n) is 2.31. The summed E-state index contributed by atoms with van der Waals surface area (Å²) in [5.41, 5.74) is 2.03. The minimum Gasteiger partial charge on any atom is -0.443 e. The first-order chi connectivity index (χ1) is 10.4. The second kappa shape index (κ2) is 9.66. The number of nitrogens with zero attached hydrogens (tertiary/aromatic N) is 1. The number of hydrogen-bond acceptors (Lipinski definition) is 4. The molecule has 6 nitrogen and oxygen atoms in total. The molecular weight excluding hydrogens is 282 g/mol. The fraction of sp³-hybridized carbons (Fsp3) is 0.875.